The van der Waals surface area contributed by atoms with E-state index in [0.717, 1.165) is 0 Å². The van der Waals surface area contributed by atoms with Gasteiger partial charge in [0.2, 0.25) is 0 Å². The van der Waals surface area contributed by atoms with Crippen LogP contribution in [-0.2, 0) is 0 Å². The number of aromatic nitrogens is 4. The number of carbonyl (C=O) groups is 1. The Hall–Kier alpha value is -5.63. The zero-order chi connectivity index (χ0) is 26.5. The Morgan fingerprint density at radius 3 is 2.61 bits per heavy atom. The minimum absolute atomic E-state index is 0.00643. The average molecular weight is 505 g/mol. The minimum atomic E-state index is -0.533. The monoisotopic (exact) mass is 504 g/mol. The molecule has 0 fully saturated rings. The Balaban J connectivity index is 1.55. The zero-order valence-corrected chi connectivity index (χ0v) is 20.1. The quantitative estimate of drug-likeness (QED) is 0.279. The largest absolute Gasteiger partial charge is 0.505 e. The highest BCUT2D eigenvalue weighted by Gasteiger charge is 2.20. The van der Waals surface area contributed by atoms with Crippen LogP contribution in [0, 0.1) is 11.3 Å². The third kappa shape index (κ3) is 4.74. The number of nitrogens with zero attached hydrogens (tertiary/aromatic N) is 7. The summed E-state index contributed by atoms with van der Waals surface area (Å²) in [5, 5.41) is 37.3. The number of fused-ring (bicyclic) bond motifs is 1. The summed E-state index contributed by atoms with van der Waals surface area (Å²) in [4.78, 5) is 21.4. The molecule has 0 aliphatic rings. The van der Waals surface area contributed by atoms with E-state index < -0.39 is 5.91 Å². The number of nitriles is 1. The summed E-state index contributed by atoms with van der Waals surface area (Å²) in [6.45, 7) is 2.42. The molecule has 0 saturated heterocycles. The van der Waals surface area contributed by atoms with Gasteiger partial charge in [-0.1, -0.05) is 24.3 Å². The van der Waals surface area contributed by atoms with Crippen molar-refractivity contribution in [3.8, 4) is 23.5 Å². The van der Waals surface area contributed by atoms with Crippen molar-refractivity contribution in [3.05, 3.63) is 90.4 Å². The number of benzene rings is 3. The lowest BCUT2D eigenvalue weighted by Gasteiger charge is -2.11. The number of hydrogen-bond acceptors (Lipinski definition) is 9. The second-order valence-corrected chi connectivity index (χ2v) is 7.91. The Bertz CT molecular complexity index is 1690. The summed E-state index contributed by atoms with van der Waals surface area (Å²) in [5.41, 5.74) is 0.728. The van der Waals surface area contributed by atoms with Crippen molar-refractivity contribution in [1.82, 2.24) is 19.7 Å². The normalized spacial score (nSPS) is 10.9. The molecular weight excluding hydrogens is 484 g/mol. The maximum Gasteiger partial charge on any atom is 0.259 e. The molecule has 0 atom stereocenters. The fourth-order valence-electron chi connectivity index (χ4n) is 3.75. The van der Waals surface area contributed by atoms with Crippen molar-refractivity contribution in [3.63, 3.8) is 0 Å². The third-order valence-electron chi connectivity index (χ3n) is 5.51. The first-order chi connectivity index (χ1) is 18.6. The van der Waals surface area contributed by atoms with E-state index in [1.807, 2.05) is 19.1 Å². The van der Waals surface area contributed by atoms with Crippen LogP contribution in [-0.4, -0.2) is 37.4 Å². The highest BCUT2D eigenvalue weighted by Crippen LogP contribution is 2.40. The van der Waals surface area contributed by atoms with Gasteiger partial charge < -0.3 is 15.2 Å². The lowest BCUT2D eigenvalue weighted by Crippen LogP contribution is -2.12. The van der Waals surface area contributed by atoms with Crippen LogP contribution < -0.4 is 10.1 Å². The van der Waals surface area contributed by atoms with Crippen LogP contribution in [0.5, 0.6) is 11.5 Å². The topological polar surface area (TPSA) is 151 Å². The first-order valence-corrected chi connectivity index (χ1v) is 11.5. The predicted molar refractivity (Wildman–Crippen MR) is 139 cm³/mol. The molecule has 2 heterocycles. The molecule has 0 bridgehead atoms. The summed E-state index contributed by atoms with van der Waals surface area (Å²) < 4.78 is 6.70. The number of phenols is 1. The van der Waals surface area contributed by atoms with Gasteiger partial charge in [-0.15, -0.1) is 10.2 Å². The molecular formula is C27H20N8O3. The maximum atomic E-state index is 13.2. The molecule has 186 valence electrons. The number of carbonyl (C=O) groups excluding carboxylic acids is 1. The Labute approximate surface area is 216 Å². The van der Waals surface area contributed by atoms with E-state index in [0.29, 0.717) is 28.8 Å². The van der Waals surface area contributed by atoms with E-state index in [1.165, 1.54) is 23.3 Å². The van der Waals surface area contributed by atoms with Gasteiger partial charge in [-0.05, 0) is 48.7 Å². The van der Waals surface area contributed by atoms with Crippen molar-refractivity contribution >= 4 is 33.9 Å². The van der Waals surface area contributed by atoms with Crippen LogP contribution in [0.1, 0.15) is 22.8 Å². The van der Waals surface area contributed by atoms with Gasteiger partial charge in [0, 0.05) is 23.5 Å². The summed E-state index contributed by atoms with van der Waals surface area (Å²) >= 11 is 0. The van der Waals surface area contributed by atoms with E-state index in [1.54, 1.807) is 54.6 Å². The SMILES string of the molecule is CCOc1ccc(NC(=O)c2cc3ccccc3c(N=Nc3c(C#N)cnn3-c3ncccn3)c2O)cc1. The van der Waals surface area contributed by atoms with Gasteiger partial charge in [0.25, 0.3) is 11.9 Å². The molecule has 2 aromatic heterocycles. The van der Waals surface area contributed by atoms with Gasteiger partial charge in [-0.3, -0.25) is 4.79 Å². The Morgan fingerprint density at radius 2 is 1.87 bits per heavy atom. The van der Waals surface area contributed by atoms with Gasteiger partial charge >= 0.3 is 0 Å². The fourth-order valence-corrected chi connectivity index (χ4v) is 3.75. The van der Waals surface area contributed by atoms with Crippen LogP contribution in [0.25, 0.3) is 16.7 Å². The lowest BCUT2D eigenvalue weighted by atomic mass is 10.0. The number of amides is 1. The van der Waals surface area contributed by atoms with Gasteiger partial charge in [-0.2, -0.15) is 15.0 Å². The summed E-state index contributed by atoms with van der Waals surface area (Å²) in [6.07, 6.45) is 4.38. The molecule has 11 nitrogen and oxygen atoms in total. The van der Waals surface area contributed by atoms with Crippen molar-refractivity contribution in [2.75, 3.05) is 11.9 Å². The molecule has 3 aromatic carbocycles. The number of azo groups is 1. The third-order valence-corrected chi connectivity index (χ3v) is 5.51. The van der Waals surface area contributed by atoms with Crippen LogP contribution in [0.3, 0.4) is 0 Å². The first kappa shape index (κ1) is 24.1. The predicted octanol–water partition coefficient (Wildman–Crippen LogP) is 5.46. The van der Waals surface area contributed by atoms with Crippen LogP contribution in [0.15, 0.2) is 89.5 Å². The van der Waals surface area contributed by atoms with Crippen molar-refractivity contribution in [1.29, 1.82) is 5.26 Å². The van der Waals surface area contributed by atoms with E-state index in [-0.39, 0.29) is 34.3 Å². The molecule has 0 spiro atoms. The number of rotatable bonds is 7. The van der Waals surface area contributed by atoms with E-state index >= 15 is 0 Å². The standard InChI is InChI=1S/C27H20N8O3/c1-2-38-20-10-8-19(9-11-20)32-26(37)22-14-17-6-3-4-7-21(17)23(24(22)36)33-34-25-18(15-28)16-31-35(25)27-29-12-5-13-30-27/h3-14,16,36H,2H2,1H3,(H,32,37). The first-order valence-electron chi connectivity index (χ1n) is 11.5. The van der Waals surface area contributed by atoms with Gasteiger partial charge in [-0.25, -0.2) is 9.97 Å². The van der Waals surface area contributed by atoms with E-state index in [4.69, 9.17) is 4.74 Å². The Kier molecular flexibility index (Phi) is 6.69. The number of hydrogen-bond donors (Lipinski definition) is 2. The van der Waals surface area contributed by atoms with Gasteiger partial charge in [0.1, 0.15) is 23.1 Å². The molecule has 5 rings (SSSR count). The van der Waals surface area contributed by atoms with E-state index in [2.05, 4.69) is 30.6 Å². The summed E-state index contributed by atoms with van der Waals surface area (Å²) in [7, 11) is 0. The second-order valence-electron chi connectivity index (χ2n) is 7.91. The number of phenolic OH excluding ortho intramolecular Hbond substituents is 1. The highest BCUT2D eigenvalue weighted by atomic mass is 16.5. The number of nitrogens with one attached hydrogen (secondary N) is 1. The molecule has 0 radical (unpaired) electrons. The van der Waals surface area contributed by atoms with Crippen LogP contribution >= 0.6 is 0 Å². The number of ether oxygens (including phenoxy) is 1. The minimum Gasteiger partial charge on any atom is -0.505 e. The molecule has 0 aliphatic heterocycles. The zero-order valence-electron chi connectivity index (χ0n) is 20.1. The van der Waals surface area contributed by atoms with E-state index in [9.17, 15) is 15.2 Å². The highest BCUT2D eigenvalue weighted by molar-refractivity contribution is 6.11. The van der Waals surface area contributed by atoms with Crippen molar-refractivity contribution in [2.45, 2.75) is 6.92 Å². The Morgan fingerprint density at radius 1 is 1.11 bits per heavy atom. The van der Waals surface area contributed by atoms with Crippen LogP contribution in [0.2, 0.25) is 0 Å². The number of anilines is 1. The molecule has 1 amide bonds. The summed E-state index contributed by atoms with van der Waals surface area (Å²) in [6, 6.07) is 19.3. The lowest BCUT2D eigenvalue weighted by molar-refractivity contribution is 0.102. The molecule has 38 heavy (non-hydrogen) atoms. The molecule has 11 heteroatoms. The van der Waals surface area contributed by atoms with Gasteiger partial charge in [0.05, 0.1) is 18.4 Å². The number of aromatic hydroxyl groups is 1. The summed E-state index contributed by atoms with van der Waals surface area (Å²) in [5.74, 6) is 0.0521. The molecule has 5 aromatic rings. The maximum absolute atomic E-state index is 13.2. The molecule has 0 unspecified atom stereocenters. The van der Waals surface area contributed by atoms with Crippen molar-refractivity contribution < 1.29 is 14.6 Å². The smallest absolute Gasteiger partial charge is 0.259 e. The average Bonchev–Trinajstić information content (AvgIpc) is 3.37. The van der Waals surface area contributed by atoms with Gasteiger partial charge in [0.15, 0.2) is 11.6 Å². The molecule has 0 aliphatic carbocycles. The molecule has 0 saturated carbocycles. The molecule has 2 N–H and O–H groups in total. The fraction of sp³-hybridized carbons (Fsp3) is 0.0741. The van der Waals surface area contributed by atoms with Crippen LogP contribution in [0.4, 0.5) is 17.2 Å². The second kappa shape index (κ2) is 10.5. The van der Waals surface area contributed by atoms with Crippen molar-refractivity contribution in [2.24, 2.45) is 10.2 Å².